The molecule has 0 radical (unpaired) electrons. The van der Waals surface area contributed by atoms with E-state index in [1.807, 2.05) is 0 Å². The molecular weight excluding hydrogens is 348 g/mol. The van der Waals surface area contributed by atoms with Crippen LogP contribution in [-0.4, -0.2) is 35.3 Å². The summed E-state index contributed by atoms with van der Waals surface area (Å²) in [7, 11) is 0. The molecule has 28 heavy (non-hydrogen) atoms. The van der Waals surface area contributed by atoms with Crippen LogP contribution in [0.25, 0.3) is 0 Å². The minimum atomic E-state index is 0.0757. The van der Waals surface area contributed by atoms with E-state index in [9.17, 15) is 9.59 Å². The van der Waals surface area contributed by atoms with E-state index in [-0.39, 0.29) is 29.8 Å². The fourth-order valence-electron chi connectivity index (χ4n) is 6.60. The number of nitrogens with zero attached hydrogens (tertiary/aromatic N) is 1. The highest BCUT2D eigenvalue weighted by Crippen LogP contribution is 2.68. The number of rotatable bonds is 4. The fraction of sp³-hybridized carbons (Fsp3) is 0.833. The van der Waals surface area contributed by atoms with E-state index in [4.69, 9.17) is 0 Å². The topological polar surface area (TPSA) is 49.4 Å². The first-order valence-electron chi connectivity index (χ1n) is 11.5. The average Bonchev–Trinajstić information content (AvgIpc) is 3.08. The maximum absolute atomic E-state index is 13.3. The van der Waals surface area contributed by atoms with Crippen LogP contribution in [0.2, 0.25) is 0 Å². The van der Waals surface area contributed by atoms with Gasteiger partial charge < -0.3 is 10.2 Å². The van der Waals surface area contributed by atoms with Crippen LogP contribution in [0.1, 0.15) is 66.7 Å². The van der Waals surface area contributed by atoms with Crippen molar-refractivity contribution in [3.8, 4) is 0 Å². The molecular formula is C24H38N2O2. The second-order valence-corrected chi connectivity index (χ2v) is 10.9. The Labute approximate surface area is 170 Å². The number of allylic oxidation sites excluding steroid dienone is 2. The Balaban J connectivity index is 1.40. The lowest BCUT2D eigenvalue weighted by Gasteiger charge is -2.35. The summed E-state index contributed by atoms with van der Waals surface area (Å²) in [6.45, 7) is 12.0. The van der Waals surface area contributed by atoms with Gasteiger partial charge in [-0.15, -0.1) is 0 Å². The molecule has 0 aromatic heterocycles. The van der Waals surface area contributed by atoms with Gasteiger partial charge in [0.25, 0.3) is 0 Å². The Morgan fingerprint density at radius 1 is 1.11 bits per heavy atom. The monoisotopic (exact) mass is 386 g/mol. The smallest absolute Gasteiger partial charge is 0.226 e. The molecule has 1 aliphatic heterocycles. The van der Waals surface area contributed by atoms with Crippen molar-refractivity contribution in [2.75, 3.05) is 6.54 Å². The number of fused-ring (bicyclic) bond motifs is 1. The summed E-state index contributed by atoms with van der Waals surface area (Å²) in [5.74, 6) is 3.07. The number of hydrogen-bond acceptors (Lipinski definition) is 2. The average molecular weight is 387 g/mol. The third-order valence-corrected chi connectivity index (χ3v) is 8.55. The molecule has 4 nitrogen and oxygen atoms in total. The first kappa shape index (κ1) is 20.0. The number of carbonyl (C=O) groups excluding carboxylic acids is 2. The third kappa shape index (κ3) is 3.31. The molecule has 0 aromatic carbocycles. The van der Waals surface area contributed by atoms with Gasteiger partial charge in [0.1, 0.15) is 0 Å². The molecule has 3 aliphatic carbocycles. The lowest BCUT2D eigenvalue weighted by Crippen LogP contribution is -2.52. The predicted molar refractivity (Wildman–Crippen MR) is 111 cm³/mol. The highest BCUT2D eigenvalue weighted by molar-refractivity contribution is 5.82. The van der Waals surface area contributed by atoms with Crippen molar-refractivity contribution in [1.29, 1.82) is 0 Å². The molecule has 4 heteroatoms. The largest absolute Gasteiger partial charge is 0.351 e. The van der Waals surface area contributed by atoms with Crippen molar-refractivity contribution in [3.63, 3.8) is 0 Å². The van der Waals surface area contributed by atoms with Crippen molar-refractivity contribution in [3.05, 3.63) is 12.2 Å². The van der Waals surface area contributed by atoms with Gasteiger partial charge >= 0.3 is 0 Å². The van der Waals surface area contributed by atoms with E-state index < -0.39 is 0 Å². The van der Waals surface area contributed by atoms with E-state index in [1.54, 1.807) is 0 Å². The summed E-state index contributed by atoms with van der Waals surface area (Å²) in [6.07, 6.45) is 9.19. The zero-order valence-electron chi connectivity index (χ0n) is 18.3. The van der Waals surface area contributed by atoms with Crippen LogP contribution < -0.4 is 5.32 Å². The van der Waals surface area contributed by atoms with Gasteiger partial charge in [0.05, 0.1) is 12.1 Å². The fourth-order valence-corrected chi connectivity index (χ4v) is 6.60. The van der Waals surface area contributed by atoms with E-state index in [2.05, 4.69) is 57.0 Å². The first-order chi connectivity index (χ1) is 13.2. The Morgan fingerprint density at radius 3 is 2.36 bits per heavy atom. The van der Waals surface area contributed by atoms with Gasteiger partial charge in [-0.05, 0) is 61.2 Å². The molecule has 4 aliphatic rings. The normalized spacial score (nSPS) is 41.2. The molecule has 156 valence electrons. The molecule has 1 heterocycles. The first-order valence-corrected chi connectivity index (χ1v) is 11.5. The van der Waals surface area contributed by atoms with Gasteiger partial charge in [0, 0.05) is 18.4 Å². The van der Waals surface area contributed by atoms with Crippen molar-refractivity contribution < 1.29 is 9.59 Å². The Kier molecular flexibility index (Phi) is 5.12. The van der Waals surface area contributed by atoms with Crippen molar-refractivity contribution in [2.45, 2.75) is 78.8 Å². The summed E-state index contributed by atoms with van der Waals surface area (Å²) in [6, 6.07) is 0.234. The molecule has 2 saturated carbocycles. The lowest BCUT2D eigenvalue weighted by molar-refractivity contribution is -0.138. The highest BCUT2D eigenvalue weighted by Gasteiger charge is 2.63. The molecule has 0 aromatic rings. The molecule has 0 spiro atoms. The Hall–Kier alpha value is -1.32. The molecule has 3 fully saturated rings. The van der Waals surface area contributed by atoms with Crippen LogP contribution in [0.5, 0.6) is 0 Å². The minimum Gasteiger partial charge on any atom is -0.351 e. The second-order valence-electron chi connectivity index (χ2n) is 10.9. The Bertz CT molecular complexity index is 654. The van der Waals surface area contributed by atoms with Crippen molar-refractivity contribution >= 4 is 11.8 Å². The van der Waals surface area contributed by atoms with E-state index in [1.165, 1.54) is 0 Å². The van der Waals surface area contributed by atoms with E-state index in [0.29, 0.717) is 23.2 Å². The Morgan fingerprint density at radius 2 is 1.75 bits per heavy atom. The quantitative estimate of drug-likeness (QED) is 0.742. The molecule has 4 rings (SSSR count). The van der Waals surface area contributed by atoms with E-state index >= 15 is 0 Å². The molecule has 1 N–H and O–H groups in total. The van der Waals surface area contributed by atoms with Crippen LogP contribution >= 0.6 is 0 Å². The van der Waals surface area contributed by atoms with E-state index in [0.717, 1.165) is 50.5 Å². The van der Waals surface area contributed by atoms with Crippen LogP contribution in [0, 0.1) is 40.9 Å². The SMILES string of the molecule is CC(C)[C@@H]1[C@@H](NC(=O)[C@@H]2CC=CC[C@H]2C)CCN1C(=O)C1C[C@@H]2[C@H](C1)C2(C)C. The van der Waals surface area contributed by atoms with Crippen LogP contribution in [0.15, 0.2) is 12.2 Å². The predicted octanol–water partition coefficient (Wildman–Crippen LogP) is 4.01. The molecule has 0 bridgehead atoms. The standard InChI is InChI=1S/C24H38N2O2/c1-14(2)21-20(25-22(27)17-9-7-6-8-15(17)3)10-11-26(21)23(28)16-12-18-19(13-16)24(18,4)5/h6-7,14-21H,8-13H2,1-5H3,(H,25,27)/t15-,16?,17-,18-,19+,20+,21-/m1/s1. The van der Waals surface area contributed by atoms with Crippen LogP contribution in [0.4, 0.5) is 0 Å². The molecule has 2 amide bonds. The maximum atomic E-state index is 13.3. The van der Waals surface area contributed by atoms with Gasteiger partial charge in [-0.25, -0.2) is 0 Å². The molecule has 1 saturated heterocycles. The summed E-state index contributed by atoms with van der Waals surface area (Å²) in [4.78, 5) is 28.4. The summed E-state index contributed by atoms with van der Waals surface area (Å²) < 4.78 is 0. The number of nitrogens with one attached hydrogen (secondary N) is 1. The summed E-state index contributed by atoms with van der Waals surface area (Å²) in [5.41, 5.74) is 0.459. The van der Waals surface area contributed by atoms with Gasteiger partial charge in [-0.3, -0.25) is 9.59 Å². The third-order valence-electron chi connectivity index (χ3n) is 8.55. The van der Waals surface area contributed by atoms with Gasteiger partial charge in [0.15, 0.2) is 0 Å². The molecule has 7 atom stereocenters. The zero-order valence-corrected chi connectivity index (χ0v) is 18.3. The number of likely N-dealkylation sites (tertiary alicyclic amines) is 1. The van der Waals surface area contributed by atoms with Crippen LogP contribution in [0.3, 0.4) is 0 Å². The number of carbonyl (C=O) groups is 2. The van der Waals surface area contributed by atoms with Gasteiger partial charge in [-0.2, -0.15) is 0 Å². The number of amides is 2. The van der Waals surface area contributed by atoms with Crippen LogP contribution in [-0.2, 0) is 9.59 Å². The molecule has 1 unspecified atom stereocenters. The van der Waals surface area contributed by atoms with Crippen molar-refractivity contribution in [2.24, 2.45) is 40.9 Å². The zero-order chi connectivity index (χ0) is 20.2. The maximum Gasteiger partial charge on any atom is 0.226 e. The number of hydrogen-bond donors (Lipinski definition) is 1. The minimum absolute atomic E-state index is 0.0757. The summed E-state index contributed by atoms with van der Waals surface area (Å²) >= 11 is 0. The van der Waals surface area contributed by atoms with Crippen molar-refractivity contribution in [1.82, 2.24) is 10.2 Å². The van der Waals surface area contributed by atoms with Gasteiger partial charge in [0.2, 0.25) is 11.8 Å². The summed E-state index contributed by atoms with van der Waals surface area (Å²) in [5, 5.41) is 3.35. The highest BCUT2D eigenvalue weighted by atomic mass is 16.2. The second kappa shape index (κ2) is 7.18. The van der Waals surface area contributed by atoms with Gasteiger partial charge in [-0.1, -0.05) is 46.8 Å². The lowest BCUT2D eigenvalue weighted by atomic mass is 9.83.